The molecule has 2 aromatic carbocycles. The maximum Gasteiger partial charge on any atom is 0.220 e. The predicted molar refractivity (Wildman–Crippen MR) is 108 cm³/mol. The molecule has 6 heteroatoms. The van der Waals surface area contributed by atoms with Crippen LogP contribution >= 0.6 is 34.7 Å². The van der Waals surface area contributed by atoms with E-state index < -0.39 is 0 Å². The summed E-state index contributed by atoms with van der Waals surface area (Å²) in [5.74, 6) is 2.10. The molecule has 0 fully saturated rings. The molecule has 0 amide bonds. The van der Waals surface area contributed by atoms with Gasteiger partial charge in [0, 0.05) is 22.9 Å². The van der Waals surface area contributed by atoms with Gasteiger partial charge in [0.15, 0.2) is 4.47 Å². The van der Waals surface area contributed by atoms with Crippen LogP contribution in [0.2, 0.25) is 4.47 Å². The number of rotatable bonds is 6. The second-order valence-electron chi connectivity index (χ2n) is 4.89. The van der Waals surface area contributed by atoms with Crippen LogP contribution in [0.25, 0.3) is 0 Å². The van der Waals surface area contributed by atoms with Crippen LogP contribution < -0.4 is 4.74 Å². The first-order chi connectivity index (χ1) is 12.3. The van der Waals surface area contributed by atoms with E-state index >= 15 is 0 Å². The number of aromatic nitrogens is 1. The fourth-order valence-electron chi connectivity index (χ4n) is 1.92. The maximum atomic E-state index is 5.89. The number of ether oxygens (including phenoxy) is 1. The van der Waals surface area contributed by atoms with E-state index in [-0.39, 0.29) is 0 Å². The number of benzene rings is 2. The zero-order chi connectivity index (χ0) is 17.3. The van der Waals surface area contributed by atoms with Crippen molar-refractivity contribution in [1.29, 1.82) is 0 Å². The van der Waals surface area contributed by atoms with Gasteiger partial charge >= 0.3 is 0 Å². The molecule has 0 atom stereocenters. The Morgan fingerprint density at radius 3 is 2.52 bits per heavy atom. The molecule has 3 rings (SSSR count). The molecule has 25 heavy (non-hydrogen) atoms. The number of para-hydroxylation sites is 2. The van der Waals surface area contributed by atoms with E-state index in [4.69, 9.17) is 16.3 Å². The van der Waals surface area contributed by atoms with Crippen LogP contribution in [0.3, 0.4) is 0 Å². The first-order valence-electron chi connectivity index (χ1n) is 7.54. The Morgan fingerprint density at radius 2 is 1.84 bits per heavy atom. The van der Waals surface area contributed by atoms with Gasteiger partial charge < -0.3 is 4.74 Å². The Balaban J connectivity index is 1.69. The van der Waals surface area contributed by atoms with Gasteiger partial charge in [0.1, 0.15) is 5.75 Å². The van der Waals surface area contributed by atoms with Crippen LogP contribution in [-0.4, -0.2) is 10.9 Å². The lowest BCUT2D eigenvalue weighted by atomic mass is 10.3. The van der Waals surface area contributed by atoms with Crippen molar-refractivity contribution >= 4 is 46.3 Å². The molecule has 0 aliphatic carbocycles. The summed E-state index contributed by atoms with van der Waals surface area (Å²) in [7, 11) is 0. The topological polar surface area (TPSA) is 34.5 Å². The van der Waals surface area contributed by atoms with Gasteiger partial charge in [0.05, 0.1) is 5.69 Å². The Hall–Kier alpha value is -2.08. The van der Waals surface area contributed by atoms with Crippen LogP contribution in [0.1, 0.15) is 4.88 Å². The van der Waals surface area contributed by atoms with Gasteiger partial charge in [-0.3, -0.25) is 0 Å². The second-order valence-corrected chi connectivity index (χ2v) is 7.49. The largest absolute Gasteiger partial charge is 0.439 e. The normalized spacial score (nSPS) is 11.8. The molecule has 0 aliphatic rings. The molecular formula is C19H15ClN2OS2. The van der Waals surface area contributed by atoms with E-state index in [1.165, 1.54) is 11.3 Å². The molecule has 0 N–H and O–H groups in total. The van der Waals surface area contributed by atoms with E-state index in [0.717, 1.165) is 22.1 Å². The average Bonchev–Trinajstić information content (AvgIpc) is 3.06. The summed E-state index contributed by atoms with van der Waals surface area (Å²) >= 11 is 8.97. The van der Waals surface area contributed by atoms with Crippen molar-refractivity contribution in [3.63, 3.8) is 0 Å². The molecule has 1 heterocycles. The first kappa shape index (κ1) is 17.7. The molecule has 126 valence electrons. The zero-order valence-electron chi connectivity index (χ0n) is 13.2. The summed E-state index contributed by atoms with van der Waals surface area (Å²) in [6.45, 7) is 0. The standard InChI is InChI=1S/C19H15ClN2OS2/c20-19-21-13-17(25-19)14-24-12-11-18(22-15-7-3-1-4-8-15)23-16-9-5-2-6-10-16/h1-13H,14H2/b12-11+,22-18-. The van der Waals surface area contributed by atoms with E-state index in [1.807, 2.05) is 72.1 Å². The van der Waals surface area contributed by atoms with Gasteiger partial charge in [-0.2, -0.15) is 0 Å². The molecule has 0 spiro atoms. The third kappa shape index (κ3) is 6.05. The minimum Gasteiger partial charge on any atom is -0.439 e. The van der Waals surface area contributed by atoms with Crippen molar-refractivity contribution in [3.05, 3.63) is 87.7 Å². The summed E-state index contributed by atoms with van der Waals surface area (Å²) in [5, 5.41) is 1.97. The third-order valence-corrected chi connectivity index (χ3v) is 5.12. The van der Waals surface area contributed by atoms with Crippen LogP contribution in [0.15, 0.2) is 83.3 Å². The monoisotopic (exact) mass is 386 g/mol. The van der Waals surface area contributed by atoms with Crippen molar-refractivity contribution < 1.29 is 4.74 Å². The van der Waals surface area contributed by atoms with Crippen LogP contribution in [-0.2, 0) is 5.75 Å². The van der Waals surface area contributed by atoms with Gasteiger partial charge in [-0.05, 0) is 29.7 Å². The quantitative estimate of drug-likeness (QED) is 0.365. The fourth-order valence-corrected chi connectivity index (χ4v) is 3.68. The lowest BCUT2D eigenvalue weighted by molar-refractivity contribution is 0.556. The van der Waals surface area contributed by atoms with Gasteiger partial charge in [-0.15, -0.1) is 23.1 Å². The number of thioether (sulfide) groups is 1. The highest BCUT2D eigenvalue weighted by Gasteiger charge is 2.01. The molecule has 0 saturated heterocycles. The molecule has 3 nitrogen and oxygen atoms in total. The lowest BCUT2D eigenvalue weighted by Gasteiger charge is -2.05. The molecule has 0 aliphatic heterocycles. The lowest BCUT2D eigenvalue weighted by Crippen LogP contribution is -2.04. The molecule has 1 aromatic heterocycles. The molecule has 0 unspecified atom stereocenters. The second kappa shape index (κ2) is 9.42. The van der Waals surface area contributed by atoms with Gasteiger partial charge in [-0.1, -0.05) is 48.0 Å². The van der Waals surface area contributed by atoms with Crippen molar-refractivity contribution in [1.82, 2.24) is 4.98 Å². The molecular weight excluding hydrogens is 372 g/mol. The summed E-state index contributed by atoms with van der Waals surface area (Å²) < 4.78 is 6.46. The van der Waals surface area contributed by atoms with Gasteiger partial charge in [0.2, 0.25) is 5.90 Å². The number of aliphatic imine (C=N–C) groups is 1. The molecule has 0 bridgehead atoms. The van der Waals surface area contributed by atoms with Crippen molar-refractivity contribution in [2.24, 2.45) is 4.99 Å². The van der Waals surface area contributed by atoms with Crippen LogP contribution in [0.4, 0.5) is 5.69 Å². The van der Waals surface area contributed by atoms with E-state index in [9.17, 15) is 0 Å². The summed E-state index contributed by atoms with van der Waals surface area (Å²) in [5.41, 5.74) is 0.845. The van der Waals surface area contributed by atoms with Crippen molar-refractivity contribution in [3.8, 4) is 5.75 Å². The Bertz CT molecular complexity index is 848. The van der Waals surface area contributed by atoms with Crippen molar-refractivity contribution in [2.75, 3.05) is 0 Å². The highest BCUT2D eigenvalue weighted by molar-refractivity contribution is 8.01. The number of hydrogen-bond donors (Lipinski definition) is 0. The third-order valence-electron chi connectivity index (χ3n) is 3.02. The summed E-state index contributed by atoms with van der Waals surface area (Å²) in [4.78, 5) is 9.74. The maximum absolute atomic E-state index is 5.89. The van der Waals surface area contributed by atoms with E-state index in [2.05, 4.69) is 9.98 Å². The molecule has 0 radical (unpaired) electrons. The van der Waals surface area contributed by atoms with Gasteiger partial charge in [0.25, 0.3) is 0 Å². The predicted octanol–water partition coefficient (Wildman–Crippen LogP) is 6.35. The van der Waals surface area contributed by atoms with E-state index in [0.29, 0.717) is 10.4 Å². The minimum atomic E-state index is 0.534. The first-order valence-corrected chi connectivity index (χ1v) is 9.79. The zero-order valence-corrected chi connectivity index (χ0v) is 15.6. The van der Waals surface area contributed by atoms with Crippen LogP contribution in [0, 0.1) is 0 Å². The molecule has 3 aromatic rings. The molecule has 0 saturated carbocycles. The Morgan fingerprint density at radius 1 is 1.12 bits per heavy atom. The average molecular weight is 387 g/mol. The number of hydrogen-bond acceptors (Lipinski definition) is 5. The number of nitrogens with zero attached hydrogens (tertiary/aromatic N) is 2. The van der Waals surface area contributed by atoms with Crippen molar-refractivity contribution in [2.45, 2.75) is 5.75 Å². The fraction of sp³-hybridized carbons (Fsp3) is 0.0526. The minimum absolute atomic E-state index is 0.534. The summed E-state index contributed by atoms with van der Waals surface area (Å²) in [6.07, 6.45) is 3.67. The smallest absolute Gasteiger partial charge is 0.220 e. The SMILES string of the molecule is Clc1ncc(CS/C=C/C(=N/c2ccccc2)Oc2ccccc2)s1. The number of thiazole rings is 1. The van der Waals surface area contributed by atoms with Crippen LogP contribution in [0.5, 0.6) is 5.75 Å². The summed E-state index contributed by atoms with van der Waals surface area (Å²) in [6, 6.07) is 19.4. The highest BCUT2D eigenvalue weighted by atomic mass is 35.5. The van der Waals surface area contributed by atoms with E-state index in [1.54, 1.807) is 18.0 Å². The number of halogens is 1. The Labute approximate surface area is 160 Å². The Kier molecular flexibility index (Phi) is 6.68. The van der Waals surface area contributed by atoms with Gasteiger partial charge in [-0.25, -0.2) is 9.98 Å². The highest BCUT2D eigenvalue weighted by Crippen LogP contribution is 2.23.